The van der Waals surface area contributed by atoms with Crippen molar-refractivity contribution in [2.45, 2.75) is 26.0 Å². The van der Waals surface area contributed by atoms with Crippen molar-refractivity contribution in [3.05, 3.63) is 83.4 Å². The third-order valence-corrected chi connectivity index (χ3v) is 5.88. The fourth-order valence-corrected chi connectivity index (χ4v) is 4.26. The molecule has 6 nitrogen and oxygen atoms in total. The SMILES string of the molecule is CCOC(=O)Cc1cccc2c1OC(c1cc(-c3cccc(CN)c3F)c3occc3c1)CO2. The predicted octanol–water partition coefficient (Wildman–Crippen LogP) is 5.32. The van der Waals surface area contributed by atoms with E-state index in [-0.39, 0.29) is 31.4 Å². The Labute approximate surface area is 196 Å². The molecule has 0 spiro atoms. The van der Waals surface area contributed by atoms with Crippen molar-refractivity contribution in [1.82, 2.24) is 0 Å². The van der Waals surface area contributed by atoms with Crippen LogP contribution < -0.4 is 15.2 Å². The number of hydrogen-bond donors (Lipinski definition) is 1. The smallest absolute Gasteiger partial charge is 0.310 e. The summed E-state index contributed by atoms with van der Waals surface area (Å²) in [6.07, 6.45) is 1.19. The van der Waals surface area contributed by atoms with Crippen molar-refractivity contribution in [3.8, 4) is 22.6 Å². The Morgan fingerprint density at radius 2 is 1.94 bits per heavy atom. The van der Waals surface area contributed by atoms with Gasteiger partial charge in [0, 0.05) is 34.2 Å². The number of esters is 1. The van der Waals surface area contributed by atoms with E-state index in [4.69, 9.17) is 24.4 Å². The number of carbonyl (C=O) groups excluding carboxylic acids is 1. The second kappa shape index (κ2) is 9.19. The third kappa shape index (κ3) is 3.99. The maximum absolute atomic E-state index is 15.2. The highest BCUT2D eigenvalue weighted by atomic mass is 19.1. The molecule has 1 aliphatic heterocycles. The van der Waals surface area contributed by atoms with Gasteiger partial charge in [-0.1, -0.05) is 30.3 Å². The zero-order chi connectivity index (χ0) is 23.7. The summed E-state index contributed by atoms with van der Waals surface area (Å²) >= 11 is 0. The lowest BCUT2D eigenvalue weighted by Crippen LogP contribution is -2.23. The van der Waals surface area contributed by atoms with Crippen molar-refractivity contribution in [2.75, 3.05) is 13.2 Å². The third-order valence-electron chi connectivity index (χ3n) is 5.88. The molecular formula is C27H24FNO5. The summed E-state index contributed by atoms with van der Waals surface area (Å²) in [4.78, 5) is 12.1. The van der Waals surface area contributed by atoms with Crippen LogP contribution >= 0.6 is 0 Å². The first-order valence-corrected chi connectivity index (χ1v) is 11.1. The standard InChI is InChI=1S/C27H24FNO5/c1-2-31-24(30)13-16-5-4-8-22-27(16)34-23(15-33-22)19-11-17-9-10-32-26(17)21(12-19)20-7-3-6-18(14-29)25(20)28/h3-12,23H,2,13-15,29H2,1H3. The summed E-state index contributed by atoms with van der Waals surface area (Å²) in [5, 5.41) is 0.819. The largest absolute Gasteiger partial charge is 0.485 e. The Balaban J connectivity index is 1.54. The summed E-state index contributed by atoms with van der Waals surface area (Å²) in [6.45, 7) is 2.44. The van der Waals surface area contributed by atoms with Crippen molar-refractivity contribution in [1.29, 1.82) is 0 Å². The van der Waals surface area contributed by atoms with Gasteiger partial charge >= 0.3 is 5.97 Å². The van der Waals surface area contributed by atoms with Gasteiger partial charge < -0.3 is 24.4 Å². The van der Waals surface area contributed by atoms with Crippen LogP contribution in [0.15, 0.2) is 65.3 Å². The predicted molar refractivity (Wildman–Crippen MR) is 125 cm³/mol. The Morgan fingerprint density at radius 3 is 2.76 bits per heavy atom. The van der Waals surface area contributed by atoms with Gasteiger partial charge in [0.2, 0.25) is 0 Å². The van der Waals surface area contributed by atoms with E-state index in [1.165, 1.54) is 0 Å². The van der Waals surface area contributed by atoms with Crippen LogP contribution in [0.1, 0.15) is 29.7 Å². The molecule has 34 heavy (non-hydrogen) atoms. The van der Waals surface area contributed by atoms with Gasteiger partial charge in [0.25, 0.3) is 0 Å². The Kier molecular flexibility index (Phi) is 5.94. The van der Waals surface area contributed by atoms with Crippen molar-refractivity contribution >= 4 is 16.9 Å². The van der Waals surface area contributed by atoms with Gasteiger partial charge in [-0.2, -0.15) is 0 Å². The number of furan rings is 1. The fourth-order valence-electron chi connectivity index (χ4n) is 4.26. The zero-order valence-electron chi connectivity index (χ0n) is 18.7. The molecule has 2 N–H and O–H groups in total. The summed E-state index contributed by atoms with van der Waals surface area (Å²) in [5.41, 5.74) is 9.23. The first kappa shape index (κ1) is 22.0. The number of rotatable bonds is 6. The Bertz CT molecular complexity index is 1360. The molecule has 2 heterocycles. The van der Waals surface area contributed by atoms with E-state index in [9.17, 15) is 4.79 Å². The molecule has 4 aromatic rings. The molecule has 174 valence electrons. The van der Waals surface area contributed by atoms with Gasteiger partial charge in [0.1, 0.15) is 18.0 Å². The minimum absolute atomic E-state index is 0.0796. The molecule has 0 radical (unpaired) electrons. The van der Waals surface area contributed by atoms with Crippen LogP contribution in [0.5, 0.6) is 11.5 Å². The van der Waals surface area contributed by atoms with E-state index in [1.54, 1.807) is 37.5 Å². The molecule has 7 heteroatoms. The highest BCUT2D eigenvalue weighted by molar-refractivity contribution is 5.93. The molecule has 5 rings (SSSR count). The molecule has 1 aromatic heterocycles. The lowest BCUT2D eigenvalue weighted by atomic mass is 9.96. The molecule has 0 bridgehead atoms. The topological polar surface area (TPSA) is 83.9 Å². The number of carbonyl (C=O) groups is 1. The molecule has 1 unspecified atom stereocenters. The molecular weight excluding hydrogens is 437 g/mol. The lowest BCUT2D eigenvalue weighted by molar-refractivity contribution is -0.142. The lowest BCUT2D eigenvalue weighted by Gasteiger charge is -2.28. The Morgan fingerprint density at radius 1 is 1.12 bits per heavy atom. The summed E-state index contributed by atoms with van der Waals surface area (Å²) in [5.74, 6) is 0.378. The van der Waals surface area contributed by atoms with E-state index in [1.807, 2.05) is 30.3 Å². The van der Waals surface area contributed by atoms with Crippen LogP contribution in [0.25, 0.3) is 22.1 Å². The van der Waals surface area contributed by atoms with Gasteiger partial charge in [0.05, 0.1) is 19.3 Å². The number of ether oxygens (including phenoxy) is 3. The summed E-state index contributed by atoms with van der Waals surface area (Å²) in [6, 6.07) is 16.2. The average molecular weight is 461 g/mol. The van der Waals surface area contributed by atoms with Crippen molar-refractivity contribution in [3.63, 3.8) is 0 Å². The number of fused-ring (bicyclic) bond motifs is 2. The van der Waals surface area contributed by atoms with Gasteiger partial charge in [-0.25, -0.2) is 4.39 Å². The van der Waals surface area contributed by atoms with Crippen LogP contribution in [-0.2, 0) is 22.5 Å². The van der Waals surface area contributed by atoms with E-state index in [0.29, 0.717) is 45.9 Å². The number of benzene rings is 3. The molecule has 1 atom stereocenters. The van der Waals surface area contributed by atoms with Gasteiger partial charge in [-0.15, -0.1) is 0 Å². The van der Waals surface area contributed by atoms with Crippen LogP contribution in [0.4, 0.5) is 4.39 Å². The van der Waals surface area contributed by atoms with Crippen molar-refractivity contribution < 1.29 is 27.8 Å². The highest BCUT2D eigenvalue weighted by Crippen LogP contribution is 2.42. The van der Waals surface area contributed by atoms with E-state index in [2.05, 4.69) is 0 Å². The highest BCUT2D eigenvalue weighted by Gasteiger charge is 2.27. The minimum atomic E-state index is -0.463. The number of para-hydroxylation sites is 1. The van der Waals surface area contributed by atoms with Crippen LogP contribution in [0, 0.1) is 5.82 Å². The van der Waals surface area contributed by atoms with E-state index < -0.39 is 6.10 Å². The zero-order valence-corrected chi connectivity index (χ0v) is 18.7. The van der Waals surface area contributed by atoms with Gasteiger partial charge in [-0.05, 0) is 36.8 Å². The maximum Gasteiger partial charge on any atom is 0.310 e. The summed E-state index contributed by atoms with van der Waals surface area (Å²) < 4.78 is 38.3. The quantitative estimate of drug-likeness (QED) is 0.392. The minimum Gasteiger partial charge on any atom is -0.485 e. The van der Waals surface area contributed by atoms with E-state index in [0.717, 1.165) is 10.9 Å². The number of hydrogen-bond acceptors (Lipinski definition) is 6. The van der Waals surface area contributed by atoms with Gasteiger partial charge in [0.15, 0.2) is 17.6 Å². The molecule has 0 amide bonds. The van der Waals surface area contributed by atoms with Crippen LogP contribution in [0.2, 0.25) is 0 Å². The second-order valence-corrected chi connectivity index (χ2v) is 8.03. The van der Waals surface area contributed by atoms with Crippen molar-refractivity contribution in [2.24, 2.45) is 5.73 Å². The van der Waals surface area contributed by atoms with Crippen LogP contribution in [-0.4, -0.2) is 19.2 Å². The Hall–Kier alpha value is -3.84. The average Bonchev–Trinajstić information content (AvgIpc) is 3.33. The molecule has 0 aliphatic carbocycles. The molecule has 0 saturated heterocycles. The first-order chi connectivity index (χ1) is 16.6. The molecule has 1 aliphatic rings. The molecule has 3 aromatic carbocycles. The van der Waals surface area contributed by atoms with Gasteiger partial charge in [-0.3, -0.25) is 4.79 Å². The maximum atomic E-state index is 15.2. The number of halogens is 1. The number of nitrogens with two attached hydrogens (primary N) is 1. The normalized spacial score (nSPS) is 14.9. The van der Waals surface area contributed by atoms with Crippen LogP contribution in [0.3, 0.4) is 0 Å². The van der Waals surface area contributed by atoms with E-state index >= 15 is 4.39 Å². The fraction of sp³-hybridized carbons (Fsp3) is 0.222. The monoisotopic (exact) mass is 461 g/mol. The first-order valence-electron chi connectivity index (χ1n) is 11.1. The second-order valence-electron chi connectivity index (χ2n) is 8.03. The molecule has 0 fully saturated rings. The summed E-state index contributed by atoms with van der Waals surface area (Å²) in [7, 11) is 0. The molecule has 0 saturated carbocycles.